The van der Waals surface area contributed by atoms with Gasteiger partial charge in [-0.25, -0.2) is 4.98 Å². The van der Waals surface area contributed by atoms with E-state index in [1.54, 1.807) is 18.4 Å². The third-order valence-corrected chi connectivity index (χ3v) is 6.19. The molecular weight excluding hydrogens is 459 g/mol. The fourth-order valence-corrected chi connectivity index (χ4v) is 4.56. The molecule has 0 bridgehead atoms. The molecule has 1 saturated carbocycles. The minimum atomic E-state index is 0. The third kappa shape index (κ3) is 7.31. The van der Waals surface area contributed by atoms with Crippen LogP contribution in [0, 0.1) is 19.3 Å². The summed E-state index contributed by atoms with van der Waals surface area (Å²) in [7, 11) is 1.79. The number of thiazole rings is 1. The number of methoxy groups -OCH3 is 1. The minimum absolute atomic E-state index is 0. The minimum Gasteiger partial charge on any atom is -0.385 e. The van der Waals surface area contributed by atoms with Gasteiger partial charge in [-0.2, -0.15) is 0 Å². The molecule has 1 fully saturated rings. The van der Waals surface area contributed by atoms with E-state index in [-0.39, 0.29) is 24.0 Å². The van der Waals surface area contributed by atoms with Gasteiger partial charge in [0, 0.05) is 44.6 Å². The fourth-order valence-electron chi connectivity index (χ4n) is 3.62. The first-order chi connectivity index (χ1) is 12.1. The van der Waals surface area contributed by atoms with Crippen molar-refractivity contribution in [3.8, 4) is 0 Å². The van der Waals surface area contributed by atoms with Crippen LogP contribution < -0.4 is 10.6 Å². The second kappa shape index (κ2) is 12.1. The highest BCUT2D eigenvalue weighted by atomic mass is 127. The van der Waals surface area contributed by atoms with Crippen LogP contribution in [-0.4, -0.2) is 44.3 Å². The Labute approximate surface area is 179 Å². The molecule has 150 valence electrons. The van der Waals surface area contributed by atoms with Crippen LogP contribution in [0.1, 0.15) is 54.6 Å². The zero-order valence-electron chi connectivity index (χ0n) is 16.7. The van der Waals surface area contributed by atoms with Gasteiger partial charge in [0.25, 0.3) is 0 Å². The van der Waals surface area contributed by atoms with E-state index >= 15 is 0 Å². The van der Waals surface area contributed by atoms with Crippen LogP contribution >= 0.6 is 35.3 Å². The van der Waals surface area contributed by atoms with E-state index in [9.17, 15) is 0 Å². The van der Waals surface area contributed by atoms with Gasteiger partial charge in [-0.3, -0.25) is 4.99 Å². The monoisotopic (exact) mass is 494 g/mol. The Balaban J connectivity index is 0.00000338. The van der Waals surface area contributed by atoms with Crippen molar-refractivity contribution < 1.29 is 4.74 Å². The average Bonchev–Trinajstić information content (AvgIpc) is 3.18. The van der Waals surface area contributed by atoms with Gasteiger partial charge in [-0.1, -0.05) is 12.8 Å². The molecule has 2 N–H and O–H groups in total. The van der Waals surface area contributed by atoms with Crippen molar-refractivity contribution in [1.82, 2.24) is 15.6 Å². The molecule has 0 saturated heterocycles. The quantitative estimate of drug-likeness (QED) is 0.309. The lowest BCUT2D eigenvalue weighted by atomic mass is 9.83. The first-order valence-electron chi connectivity index (χ1n) is 9.52. The van der Waals surface area contributed by atoms with Crippen molar-refractivity contribution in [1.29, 1.82) is 0 Å². The van der Waals surface area contributed by atoms with Crippen LogP contribution in [0.25, 0.3) is 0 Å². The summed E-state index contributed by atoms with van der Waals surface area (Å²) in [5.41, 5.74) is 1.50. The number of rotatable bonds is 9. The number of halogens is 1. The topological polar surface area (TPSA) is 58.5 Å². The molecule has 1 aromatic rings. The maximum Gasteiger partial charge on any atom is 0.191 e. The Bertz CT molecular complexity index is 556. The summed E-state index contributed by atoms with van der Waals surface area (Å²) in [6.07, 6.45) is 7.32. The molecule has 0 amide bonds. The van der Waals surface area contributed by atoms with Gasteiger partial charge in [0.05, 0.1) is 10.7 Å². The Morgan fingerprint density at radius 2 is 2.00 bits per heavy atom. The maximum atomic E-state index is 5.33. The van der Waals surface area contributed by atoms with Crippen molar-refractivity contribution in [3.63, 3.8) is 0 Å². The molecule has 1 aliphatic rings. The average molecular weight is 494 g/mol. The number of guanidine groups is 1. The summed E-state index contributed by atoms with van der Waals surface area (Å²) in [6.45, 7) is 9.78. The lowest BCUT2D eigenvalue weighted by Gasteiger charge is -2.27. The zero-order chi connectivity index (χ0) is 18.1. The molecule has 0 aromatic carbocycles. The molecular formula is C19H35IN4OS. The molecule has 0 aliphatic heterocycles. The highest BCUT2D eigenvalue weighted by Crippen LogP contribution is 2.41. The third-order valence-electron chi connectivity index (χ3n) is 5.06. The van der Waals surface area contributed by atoms with Crippen LogP contribution in [-0.2, 0) is 11.2 Å². The van der Waals surface area contributed by atoms with Crippen molar-refractivity contribution in [3.05, 3.63) is 15.6 Å². The molecule has 0 radical (unpaired) electrons. The van der Waals surface area contributed by atoms with Crippen LogP contribution in [0.3, 0.4) is 0 Å². The SMILES string of the molecule is CCNC(=NCC1(CCOC)CCCC1)NCCc1sc(C)nc1C.I. The van der Waals surface area contributed by atoms with E-state index in [1.165, 1.54) is 30.6 Å². The fraction of sp³-hybridized carbons (Fsp3) is 0.789. The van der Waals surface area contributed by atoms with E-state index in [4.69, 9.17) is 9.73 Å². The van der Waals surface area contributed by atoms with Gasteiger partial charge in [-0.05, 0) is 45.4 Å². The standard InChI is InChI=1S/C19H34N4OS.HI/c1-5-20-18(21-12-8-17-15(2)23-16(3)25-17)22-14-19(11-13-24-4)9-6-7-10-19;/h5-14H2,1-4H3,(H2,20,21,22);1H. The van der Waals surface area contributed by atoms with Crippen molar-refractivity contribution in [2.45, 2.75) is 59.3 Å². The van der Waals surface area contributed by atoms with Crippen LogP contribution in [0.4, 0.5) is 0 Å². The summed E-state index contributed by atoms with van der Waals surface area (Å²) in [6, 6.07) is 0. The van der Waals surface area contributed by atoms with Crippen molar-refractivity contribution in [2.24, 2.45) is 10.4 Å². The number of hydrogen-bond donors (Lipinski definition) is 2. The first kappa shape index (κ1) is 23.6. The highest BCUT2D eigenvalue weighted by molar-refractivity contribution is 14.0. The van der Waals surface area contributed by atoms with Crippen molar-refractivity contribution >= 4 is 41.3 Å². The van der Waals surface area contributed by atoms with E-state index in [0.717, 1.165) is 55.7 Å². The predicted octanol–water partition coefficient (Wildman–Crippen LogP) is 4.07. The lowest BCUT2D eigenvalue weighted by molar-refractivity contribution is 0.141. The van der Waals surface area contributed by atoms with Crippen LogP contribution in [0.5, 0.6) is 0 Å². The van der Waals surface area contributed by atoms with Gasteiger partial charge < -0.3 is 15.4 Å². The summed E-state index contributed by atoms with van der Waals surface area (Å²) >= 11 is 1.80. The second-order valence-electron chi connectivity index (χ2n) is 7.06. The number of hydrogen-bond acceptors (Lipinski definition) is 4. The number of ether oxygens (including phenoxy) is 1. The summed E-state index contributed by atoms with van der Waals surface area (Å²) in [5, 5.41) is 8.02. The van der Waals surface area contributed by atoms with E-state index < -0.39 is 0 Å². The number of nitrogens with one attached hydrogen (secondary N) is 2. The Morgan fingerprint density at radius 1 is 1.27 bits per heavy atom. The van der Waals surface area contributed by atoms with E-state index in [0.29, 0.717) is 5.41 Å². The van der Waals surface area contributed by atoms with E-state index in [1.807, 2.05) is 0 Å². The summed E-state index contributed by atoms with van der Waals surface area (Å²) in [5.74, 6) is 0.935. The summed E-state index contributed by atoms with van der Waals surface area (Å²) in [4.78, 5) is 10.8. The number of aryl methyl sites for hydroxylation is 2. The Morgan fingerprint density at radius 3 is 2.58 bits per heavy atom. The Kier molecular flexibility index (Phi) is 11.0. The molecule has 5 nitrogen and oxygen atoms in total. The second-order valence-corrected chi connectivity index (χ2v) is 8.35. The highest BCUT2D eigenvalue weighted by Gasteiger charge is 2.33. The maximum absolute atomic E-state index is 5.33. The molecule has 1 heterocycles. The Hall–Kier alpha value is -0.410. The lowest BCUT2D eigenvalue weighted by Crippen LogP contribution is -2.39. The van der Waals surface area contributed by atoms with Crippen molar-refractivity contribution in [2.75, 3.05) is 33.4 Å². The summed E-state index contributed by atoms with van der Waals surface area (Å²) < 4.78 is 5.33. The molecule has 7 heteroatoms. The largest absolute Gasteiger partial charge is 0.385 e. The molecule has 1 aliphatic carbocycles. The van der Waals surface area contributed by atoms with E-state index in [2.05, 4.69) is 36.4 Å². The molecule has 2 rings (SSSR count). The zero-order valence-corrected chi connectivity index (χ0v) is 19.8. The van der Waals surface area contributed by atoms with Gasteiger partial charge in [0.15, 0.2) is 5.96 Å². The van der Waals surface area contributed by atoms with Crippen LogP contribution in [0.15, 0.2) is 4.99 Å². The van der Waals surface area contributed by atoms with Gasteiger partial charge >= 0.3 is 0 Å². The van der Waals surface area contributed by atoms with Gasteiger partial charge in [-0.15, -0.1) is 35.3 Å². The molecule has 26 heavy (non-hydrogen) atoms. The number of aromatic nitrogens is 1. The number of aliphatic imine (C=N–C) groups is 1. The molecule has 0 atom stereocenters. The van der Waals surface area contributed by atoms with Gasteiger partial charge in [0.2, 0.25) is 0 Å². The molecule has 0 unspecified atom stereocenters. The van der Waals surface area contributed by atoms with Gasteiger partial charge in [0.1, 0.15) is 0 Å². The molecule has 1 aromatic heterocycles. The normalized spacial score (nSPS) is 16.4. The molecule has 0 spiro atoms. The first-order valence-corrected chi connectivity index (χ1v) is 10.3. The predicted molar refractivity (Wildman–Crippen MR) is 122 cm³/mol. The number of nitrogens with zero attached hydrogens (tertiary/aromatic N) is 2. The smallest absolute Gasteiger partial charge is 0.191 e. The van der Waals surface area contributed by atoms with Crippen LogP contribution in [0.2, 0.25) is 0 Å².